The number of hydrogen-bond acceptors (Lipinski definition) is 2. The van der Waals surface area contributed by atoms with Gasteiger partial charge in [0.2, 0.25) is 11.8 Å². The van der Waals surface area contributed by atoms with Gasteiger partial charge in [-0.3, -0.25) is 9.59 Å². The summed E-state index contributed by atoms with van der Waals surface area (Å²) in [5.74, 6) is -0.547. The fraction of sp³-hybridized carbons (Fsp3) is 0.714. The van der Waals surface area contributed by atoms with Gasteiger partial charge in [-0.25, -0.2) is 0 Å². The molecule has 0 radical (unpaired) electrons. The molecule has 4 nitrogen and oxygen atoms in total. The largest absolute Gasteiger partial charge is 0.346 e. The van der Waals surface area contributed by atoms with E-state index in [0.717, 1.165) is 0 Å². The highest BCUT2D eigenvalue weighted by atomic mass is 35.5. The number of rotatable bonds is 4. The topological polar surface area (TPSA) is 49.4 Å². The molecule has 5 heteroatoms. The molecule has 0 aromatic carbocycles. The van der Waals surface area contributed by atoms with Crippen molar-refractivity contribution in [1.82, 2.24) is 10.2 Å². The van der Waals surface area contributed by atoms with Crippen molar-refractivity contribution in [2.24, 2.45) is 0 Å². The Bertz CT molecular complexity index is 173. The SMILES string of the molecule is CCN(C)C(=O)CNC(=O)CCl. The summed E-state index contributed by atoms with van der Waals surface area (Å²) in [5.41, 5.74) is 0. The maximum Gasteiger partial charge on any atom is 0.241 e. The lowest BCUT2D eigenvalue weighted by Crippen LogP contribution is -2.38. The van der Waals surface area contributed by atoms with Crippen LogP contribution in [0.4, 0.5) is 0 Å². The number of carbonyl (C=O) groups is 2. The normalized spacial score (nSPS) is 9.25. The molecule has 0 aromatic rings. The van der Waals surface area contributed by atoms with Crippen molar-refractivity contribution in [2.75, 3.05) is 26.0 Å². The summed E-state index contributed by atoms with van der Waals surface area (Å²) in [7, 11) is 1.68. The van der Waals surface area contributed by atoms with Crippen LogP contribution in [0.15, 0.2) is 0 Å². The Hall–Kier alpha value is -0.770. The second-order valence-electron chi connectivity index (χ2n) is 2.32. The molecule has 12 heavy (non-hydrogen) atoms. The van der Waals surface area contributed by atoms with E-state index in [1.54, 1.807) is 7.05 Å². The molecular weight excluding hydrogens is 180 g/mol. The Labute approximate surface area is 76.9 Å². The minimum atomic E-state index is -0.325. The van der Waals surface area contributed by atoms with Crippen molar-refractivity contribution in [3.05, 3.63) is 0 Å². The van der Waals surface area contributed by atoms with Gasteiger partial charge in [0, 0.05) is 13.6 Å². The predicted molar refractivity (Wildman–Crippen MR) is 47.0 cm³/mol. The van der Waals surface area contributed by atoms with Gasteiger partial charge in [0.25, 0.3) is 0 Å². The molecule has 0 saturated carbocycles. The minimum Gasteiger partial charge on any atom is -0.346 e. The number of nitrogens with zero attached hydrogens (tertiary/aromatic N) is 1. The zero-order chi connectivity index (χ0) is 9.56. The molecule has 0 aliphatic heterocycles. The third-order valence-electron chi connectivity index (χ3n) is 1.46. The maximum atomic E-state index is 11.1. The molecule has 0 bridgehead atoms. The molecule has 0 aromatic heterocycles. The van der Waals surface area contributed by atoms with Crippen molar-refractivity contribution >= 4 is 23.4 Å². The van der Waals surface area contributed by atoms with Gasteiger partial charge < -0.3 is 10.2 Å². The van der Waals surface area contributed by atoms with Crippen molar-refractivity contribution in [2.45, 2.75) is 6.92 Å². The maximum absolute atomic E-state index is 11.1. The summed E-state index contributed by atoms with van der Waals surface area (Å²) in [6.45, 7) is 2.52. The zero-order valence-corrected chi connectivity index (χ0v) is 8.02. The monoisotopic (exact) mass is 192 g/mol. The molecule has 0 saturated heterocycles. The standard InChI is InChI=1S/C7H13ClN2O2/c1-3-10(2)7(12)5-9-6(11)4-8/h3-5H2,1-2H3,(H,9,11). The summed E-state index contributed by atoms with van der Waals surface area (Å²) < 4.78 is 0. The summed E-state index contributed by atoms with van der Waals surface area (Å²) >= 11 is 5.21. The van der Waals surface area contributed by atoms with Gasteiger partial charge in [-0.05, 0) is 6.92 Å². The lowest BCUT2D eigenvalue weighted by atomic mass is 10.5. The summed E-state index contributed by atoms with van der Waals surface area (Å²) in [4.78, 5) is 23.2. The van der Waals surface area contributed by atoms with Gasteiger partial charge in [0.05, 0.1) is 6.54 Å². The van der Waals surface area contributed by atoms with E-state index in [1.165, 1.54) is 4.90 Å². The van der Waals surface area contributed by atoms with Crippen molar-refractivity contribution < 1.29 is 9.59 Å². The van der Waals surface area contributed by atoms with Gasteiger partial charge in [0.15, 0.2) is 0 Å². The molecule has 2 amide bonds. The first kappa shape index (κ1) is 11.2. The highest BCUT2D eigenvalue weighted by Gasteiger charge is 2.07. The molecule has 0 unspecified atom stereocenters. The number of nitrogens with one attached hydrogen (secondary N) is 1. The number of alkyl halides is 1. The lowest BCUT2D eigenvalue weighted by Gasteiger charge is -2.14. The molecule has 0 aliphatic carbocycles. The molecular formula is C7H13ClN2O2. The molecule has 0 aliphatic rings. The smallest absolute Gasteiger partial charge is 0.241 e. The van der Waals surface area contributed by atoms with Crippen LogP contribution in [-0.4, -0.2) is 42.7 Å². The van der Waals surface area contributed by atoms with Crippen LogP contribution in [0.5, 0.6) is 0 Å². The highest BCUT2D eigenvalue weighted by Crippen LogP contribution is 1.82. The van der Waals surface area contributed by atoms with Crippen LogP contribution in [0.3, 0.4) is 0 Å². The van der Waals surface area contributed by atoms with E-state index < -0.39 is 0 Å². The first-order valence-electron chi connectivity index (χ1n) is 3.68. The fourth-order valence-electron chi connectivity index (χ4n) is 0.533. The average molecular weight is 193 g/mol. The second kappa shape index (κ2) is 5.83. The van der Waals surface area contributed by atoms with Crippen molar-refractivity contribution in [3.8, 4) is 0 Å². The van der Waals surface area contributed by atoms with Gasteiger partial charge in [-0.1, -0.05) is 0 Å². The van der Waals surface area contributed by atoms with Crippen molar-refractivity contribution in [1.29, 1.82) is 0 Å². The van der Waals surface area contributed by atoms with Crippen LogP contribution < -0.4 is 5.32 Å². The van der Waals surface area contributed by atoms with E-state index in [0.29, 0.717) is 6.54 Å². The van der Waals surface area contributed by atoms with Crippen LogP contribution in [-0.2, 0) is 9.59 Å². The quantitative estimate of drug-likeness (QED) is 0.629. The van der Waals surface area contributed by atoms with Crippen LogP contribution in [0.25, 0.3) is 0 Å². The van der Waals surface area contributed by atoms with Crippen LogP contribution >= 0.6 is 11.6 Å². The molecule has 0 atom stereocenters. The molecule has 0 spiro atoms. The van der Waals surface area contributed by atoms with E-state index in [4.69, 9.17) is 11.6 Å². The van der Waals surface area contributed by atoms with Gasteiger partial charge in [0.1, 0.15) is 5.88 Å². The Morgan fingerprint density at radius 2 is 2.08 bits per heavy atom. The molecule has 70 valence electrons. The van der Waals surface area contributed by atoms with Gasteiger partial charge >= 0.3 is 0 Å². The predicted octanol–water partition coefficient (Wildman–Crippen LogP) is -0.180. The van der Waals surface area contributed by atoms with E-state index in [-0.39, 0.29) is 24.2 Å². The lowest BCUT2D eigenvalue weighted by molar-refractivity contribution is -0.131. The fourth-order valence-corrected chi connectivity index (χ4v) is 0.627. The summed E-state index contributed by atoms with van der Waals surface area (Å²) in [6, 6.07) is 0. The van der Waals surface area contributed by atoms with Crippen LogP contribution in [0, 0.1) is 0 Å². The molecule has 0 heterocycles. The van der Waals surface area contributed by atoms with Crippen LogP contribution in [0.1, 0.15) is 6.92 Å². The third kappa shape index (κ3) is 4.18. The summed E-state index contributed by atoms with van der Waals surface area (Å²) in [6.07, 6.45) is 0. The third-order valence-corrected chi connectivity index (χ3v) is 1.70. The first-order chi connectivity index (χ1) is 5.61. The Morgan fingerprint density at radius 1 is 1.50 bits per heavy atom. The average Bonchev–Trinajstić information content (AvgIpc) is 2.11. The van der Waals surface area contributed by atoms with Crippen molar-refractivity contribution in [3.63, 3.8) is 0 Å². The van der Waals surface area contributed by atoms with E-state index >= 15 is 0 Å². The Morgan fingerprint density at radius 3 is 2.50 bits per heavy atom. The number of likely N-dealkylation sites (N-methyl/N-ethyl adjacent to an activating group) is 1. The Balaban J connectivity index is 3.64. The first-order valence-corrected chi connectivity index (χ1v) is 4.21. The van der Waals surface area contributed by atoms with E-state index in [1.807, 2.05) is 6.92 Å². The van der Waals surface area contributed by atoms with Gasteiger partial charge in [-0.2, -0.15) is 0 Å². The van der Waals surface area contributed by atoms with E-state index in [9.17, 15) is 9.59 Å². The molecule has 1 N–H and O–H groups in total. The summed E-state index contributed by atoms with van der Waals surface area (Å²) in [5, 5.41) is 2.39. The number of carbonyl (C=O) groups excluding carboxylic acids is 2. The zero-order valence-electron chi connectivity index (χ0n) is 7.26. The highest BCUT2D eigenvalue weighted by molar-refractivity contribution is 6.27. The number of hydrogen-bond donors (Lipinski definition) is 1. The second-order valence-corrected chi connectivity index (χ2v) is 2.59. The molecule has 0 rings (SSSR count). The van der Waals surface area contributed by atoms with Gasteiger partial charge in [-0.15, -0.1) is 11.6 Å². The number of halogens is 1. The molecule has 0 fully saturated rings. The Kier molecular flexibility index (Phi) is 5.45. The number of amides is 2. The minimum absolute atomic E-state index is 0.0237. The van der Waals surface area contributed by atoms with E-state index in [2.05, 4.69) is 5.32 Å². The van der Waals surface area contributed by atoms with Crippen LogP contribution in [0.2, 0.25) is 0 Å².